The average molecular weight is 655 g/mol. The minimum Gasteiger partial charge on any atom is -0.492 e. The quantitative estimate of drug-likeness (QED) is 0.112. The van der Waals surface area contributed by atoms with Crippen molar-refractivity contribution in [3.05, 3.63) is 109 Å². The van der Waals surface area contributed by atoms with Gasteiger partial charge in [0.05, 0.1) is 13.2 Å². The number of para-hydroxylation sites is 1. The summed E-state index contributed by atoms with van der Waals surface area (Å²) in [4.78, 5) is 0. The van der Waals surface area contributed by atoms with Gasteiger partial charge in [0, 0.05) is 17.5 Å². The number of ether oxygens (including phenoxy) is 3. The summed E-state index contributed by atoms with van der Waals surface area (Å²) < 4.78 is 18.6. The van der Waals surface area contributed by atoms with Crippen LogP contribution in [0.1, 0.15) is 114 Å². The third-order valence-electron chi connectivity index (χ3n) is 7.52. The van der Waals surface area contributed by atoms with Gasteiger partial charge >= 0.3 is 0 Å². The Morgan fingerprint density at radius 3 is 1.48 bits per heavy atom. The summed E-state index contributed by atoms with van der Waals surface area (Å²) in [5.74, 6) is 2.21. The second-order valence-electron chi connectivity index (χ2n) is 13.4. The standard InChI is InChI=1S/C39H48O3.3C2H6/c1-29(42-33-24-22-32(23-25-33)36(39(5,6)7)28-38(2,3)4)40-26-15-27-41-37-34(30-16-10-8-11-17-30)20-14-21-35(37)31-18-12-9-13-19-31;3*1-2/h8-14,16-25,29,36H,15,26-28H2,1-7H3;3*1-2H3. The van der Waals surface area contributed by atoms with Crippen LogP contribution in [0.25, 0.3) is 22.3 Å². The van der Waals surface area contributed by atoms with Crippen molar-refractivity contribution < 1.29 is 14.2 Å². The molecule has 0 aromatic heterocycles. The van der Waals surface area contributed by atoms with Gasteiger partial charge in [-0.3, -0.25) is 0 Å². The molecule has 0 bridgehead atoms. The predicted molar refractivity (Wildman–Crippen MR) is 210 cm³/mol. The second kappa shape index (κ2) is 22.1. The summed E-state index contributed by atoms with van der Waals surface area (Å²) in [6.45, 7) is 29.0. The van der Waals surface area contributed by atoms with Crippen molar-refractivity contribution in [2.75, 3.05) is 13.2 Å². The predicted octanol–water partition coefficient (Wildman–Crippen LogP) is 13.9. The molecule has 0 amide bonds. The molecule has 4 rings (SSSR count). The molecule has 0 spiro atoms. The zero-order valence-electron chi connectivity index (χ0n) is 32.5. The molecule has 0 aliphatic carbocycles. The molecular weight excluding hydrogens is 588 g/mol. The van der Waals surface area contributed by atoms with E-state index in [0.717, 1.165) is 46.6 Å². The van der Waals surface area contributed by atoms with Crippen molar-refractivity contribution >= 4 is 0 Å². The number of hydrogen-bond donors (Lipinski definition) is 0. The van der Waals surface area contributed by atoms with Crippen molar-refractivity contribution in [3.8, 4) is 33.8 Å². The number of hydrogen-bond acceptors (Lipinski definition) is 3. The highest BCUT2D eigenvalue weighted by atomic mass is 16.7. The minimum atomic E-state index is -0.347. The van der Waals surface area contributed by atoms with Gasteiger partial charge in [-0.1, -0.05) is 174 Å². The Morgan fingerprint density at radius 2 is 1.04 bits per heavy atom. The maximum atomic E-state index is 6.45. The fourth-order valence-corrected chi connectivity index (χ4v) is 5.41. The SMILES string of the molecule is CC.CC.CC.CC(OCCCOc1c(-c2ccccc2)cccc1-c1ccccc1)Oc1ccc(C(CC(C)(C)C)C(C)(C)C)cc1. The summed E-state index contributed by atoms with van der Waals surface area (Å²) in [7, 11) is 0. The molecule has 264 valence electrons. The van der Waals surface area contributed by atoms with Crippen LogP contribution in [0.2, 0.25) is 0 Å². The Bertz CT molecular complexity index is 1310. The summed E-state index contributed by atoms with van der Waals surface area (Å²) in [6.07, 6.45) is 1.55. The van der Waals surface area contributed by atoms with E-state index in [-0.39, 0.29) is 17.1 Å². The number of rotatable bonds is 12. The highest BCUT2D eigenvalue weighted by Gasteiger charge is 2.30. The molecule has 48 heavy (non-hydrogen) atoms. The first-order valence-corrected chi connectivity index (χ1v) is 18.3. The van der Waals surface area contributed by atoms with Crippen LogP contribution in [0.4, 0.5) is 0 Å². The Hall–Kier alpha value is -3.56. The molecule has 0 saturated heterocycles. The molecule has 0 fully saturated rings. The highest BCUT2D eigenvalue weighted by molar-refractivity contribution is 5.82. The second-order valence-corrected chi connectivity index (χ2v) is 13.4. The van der Waals surface area contributed by atoms with E-state index in [0.29, 0.717) is 19.1 Å². The number of benzene rings is 4. The van der Waals surface area contributed by atoms with Crippen LogP contribution in [-0.4, -0.2) is 19.5 Å². The van der Waals surface area contributed by atoms with E-state index in [1.165, 1.54) is 5.56 Å². The maximum absolute atomic E-state index is 6.45. The molecule has 0 saturated carbocycles. The Kier molecular flexibility index (Phi) is 19.6. The third-order valence-corrected chi connectivity index (χ3v) is 7.52. The molecular formula is C45H66O3. The molecule has 0 radical (unpaired) electrons. The van der Waals surface area contributed by atoms with E-state index < -0.39 is 0 Å². The van der Waals surface area contributed by atoms with Crippen molar-refractivity contribution in [3.63, 3.8) is 0 Å². The smallest absolute Gasteiger partial charge is 0.196 e. The van der Waals surface area contributed by atoms with Gasteiger partial charge < -0.3 is 14.2 Å². The molecule has 0 heterocycles. The fourth-order valence-electron chi connectivity index (χ4n) is 5.41. The summed E-state index contributed by atoms with van der Waals surface area (Å²) in [5, 5.41) is 0. The molecule has 2 atom stereocenters. The normalized spacial score (nSPS) is 12.1. The lowest BCUT2D eigenvalue weighted by molar-refractivity contribution is -0.0691. The topological polar surface area (TPSA) is 27.7 Å². The largest absolute Gasteiger partial charge is 0.492 e. The maximum Gasteiger partial charge on any atom is 0.196 e. The third kappa shape index (κ3) is 14.3. The summed E-state index contributed by atoms with van der Waals surface area (Å²) >= 11 is 0. The fraction of sp³-hybridized carbons (Fsp3) is 0.467. The zero-order valence-corrected chi connectivity index (χ0v) is 32.5. The first-order chi connectivity index (χ1) is 23.0. The van der Waals surface area contributed by atoms with E-state index in [4.69, 9.17) is 14.2 Å². The van der Waals surface area contributed by atoms with Gasteiger partial charge in [-0.2, -0.15) is 0 Å². The first-order valence-electron chi connectivity index (χ1n) is 18.3. The Balaban J connectivity index is 0.00000182. The monoisotopic (exact) mass is 655 g/mol. The van der Waals surface area contributed by atoms with Crippen LogP contribution in [0, 0.1) is 10.8 Å². The van der Waals surface area contributed by atoms with Gasteiger partial charge in [-0.05, 0) is 58.9 Å². The summed E-state index contributed by atoms with van der Waals surface area (Å²) in [6, 6.07) is 35.7. The lowest BCUT2D eigenvalue weighted by Gasteiger charge is -2.36. The molecule has 3 nitrogen and oxygen atoms in total. The van der Waals surface area contributed by atoms with E-state index in [1.54, 1.807) is 0 Å². The molecule has 0 N–H and O–H groups in total. The van der Waals surface area contributed by atoms with Crippen LogP contribution in [0.15, 0.2) is 103 Å². The van der Waals surface area contributed by atoms with Crippen LogP contribution in [0.3, 0.4) is 0 Å². The van der Waals surface area contributed by atoms with Crippen molar-refractivity contribution in [1.82, 2.24) is 0 Å². The molecule has 0 aliphatic rings. The van der Waals surface area contributed by atoms with Gasteiger partial charge in [0.15, 0.2) is 6.29 Å². The van der Waals surface area contributed by atoms with Crippen LogP contribution < -0.4 is 9.47 Å². The van der Waals surface area contributed by atoms with Gasteiger partial charge in [0.25, 0.3) is 0 Å². The van der Waals surface area contributed by atoms with Crippen LogP contribution in [-0.2, 0) is 4.74 Å². The minimum absolute atomic E-state index is 0.192. The first kappa shape index (κ1) is 42.5. The Labute approximate surface area is 295 Å². The van der Waals surface area contributed by atoms with Crippen molar-refractivity contribution in [1.29, 1.82) is 0 Å². The van der Waals surface area contributed by atoms with Crippen molar-refractivity contribution in [2.45, 2.75) is 115 Å². The average Bonchev–Trinajstić information content (AvgIpc) is 3.10. The van der Waals surface area contributed by atoms with Gasteiger partial charge in [-0.25, -0.2) is 0 Å². The lowest BCUT2D eigenvalue weighted by atomic mass is 9.69. The summed E-state index contributed by atoms with van der Waals surface area (Å²) in [5.41, 5.74) is 6.29. The lowest BCUT2D eigenvalue weighted by Crippen LogP contribution is -2.24. The van der Waals surface area contributed by atoms with E-state index >= 15 is 0 Å². The molecule has 4 aromatic rings. The van der Waals surface area contributed by atoms with E-state index in [1.807, 2.05) is 60.6 Å². The van der Waals surface area contributed by atoms with Gasteiger partial charge in [0.2, 0.25) is 0 Å². The molecule has 4 aromatic carbocycles. The van der Waals surface area contributed by atoms with Gasteiger partial charge in [-0.15, -0.1) is 0 Å². The van der Waals surface area contributed by atoms with E-state index in [9.17, 15) is 0 Å². The zero-order chi connectivity index (χ0) is 36.2. The van der Waals surface area contributed by atoms with Gasteiger partial charge in [0.1, 0.15) is 11.5 Å². The van der Waals surface area contributed by atoms with Crippen LogP contribution in [0.5, 0.6) is 11.5 Å². The van der Waals surface area contributed by atoms with Crippen LogP contribution >= 0.6 is 0 Å². The molecule has 0 aliphatic heterocycles. The molecule has 2 unspecified atom stereocenters. The van der Waals surface area contributed by atoms with E-state index in [2.05, 4.69) is 133 Å². The Morgan fingerprint density at radius 1 is 0.562 bits per heavy atom. The highest BCUT2D eigenvalue weighted by Crippen LogP contribution is 2.43. The molecule has 3 heteroatoms. The van der Waals surface area contributed by atoms with Crippen molar-refractivity contribution in [2.24, 2.45) is 10.8 Å².